The van der Waals surface area contributed by atoms with Crippen LogP contribution in [0.2, 0.25) is 0 Å². The zero-order valence-corrected chi connectivity index (χ0v) is 20.9. The summed E-state index contributed by atoms with van der Waals surface area (Å²) in [6.45, 7) is 5.83. The molecular formula is C27H24N6O2S. The summed E-state index contributed by atoms with van der Waals surface area (Å²) >= 11 is 1.18. The third-order valence-electron chi connectivity index (χ3n) is 5.58. The zero-order valence-electron chi connectivity index (χ0n) is 20.1. The van der Waals surface area contributed by atoms with E-state index >= 15 is 0 Å². The molecule has 180 valence electrons. The Kier molecular flexibility index (Phi) is 6.39. The van der Waals surface area contributed by atoms with Crippen molar-refractivity contribution in [3.63, 3.8) is 0 Å². The molecule has 0 bridgehead atoms. The third kappa shape index (κ3) is 4.78. The van der Waals surface area contributed by atoms with Crippen molar-refractivity contribution in [3.8, 4) is 11.5 Å². The lowest BCUT2D eigenvalue weighted by atomic mass is 10.2. The molecule has 1 N–H and O–H groups in total. The second-order valence-electron chi connectivity index (χ2n) is 8.50. The average molecular weight is 497 g/mol. The fraction of sp³-hybridized carbons (Fsp3) is 0.148. The Hall–Kier alpha value is -4.24. The van der Waals surface area contributed by atoms with Crippen molar-refractivity contribution in [2.75, 3.05) is 11.1 Å². The number of nitrogens with one attached hydrogen (secondary N) is 1. The van der Waals surface area contributed by atoms with Gasteiger partial charge in [0.25, 0.3) is 5.56 Å². The minimum Gasteiger partial charge on any atom is -0.310 e. The maximum atomic E-state index is 13.4. The highest BCUT2D eigenvalue weighted by Gasteiger charge is 2.17. The number of thioether (sulfide) groups is 1. The number of anilines is 1. The van der Waals surface area contributed by atoms with Crippen LogP contribution in [0.4, 0.5) is 5.82 Å². The summed E-state index contributed by atoms with van der Waals surface area (Å²) in [6, 6.07) is 20.6. The highest BCUT2D eigenvalue weighted by molar-refractivity contribution is 7.99. The van der Waals surface area contributed by atoms with Crippen molar-refractivity contribution in [2.24, 2.45) is 0 Å². The molecule has 0 aliphatic heterocycles. The van der Waals surface area contributed by atoms with Gasteiger partial charge in [-0.3, -0.25) is 9.59 Å². The highest BCUT2D eigenvalue weighted by atomic mass is 32.2. The highest BCUT2D eigenvalue weighted by Crippen LogP contribution is 2.22. The topological polar surface area (TPSA) is 94.7 Å². The molecule has 5 aromatic rings. The summed E-state index contributed by atoms with van der Waals surface area (Å²) in [7, 11) is 0. The molecule has 9 heteroatoms. The molecule has 8 nitrogen and oxygen atoms in total. The van der Waals surface area contributed by atoms with Crippen LogP contribution >= 0.6 is 11.8 Å². The van der Waals surface area contributed by atoms with Gasteiger partial charge in [0.15, 0.2) is 5.16 Å². The van der Waals surface area contributed by atoms with Crippen molar-refractivity contribution in [1.82, 2.24) is 24.3 Å². The Morgan fingerprint density at radius 3 is 2.47 bits per heavy atom. The molecule has 0 atom stereocenters. The molecule has 0 radical (unpaired) electrons. The van der Waals surface area contributed by atoms with E-state index in [0.717, 1.165) is 22.5 Å². The van der Waals surface area contributed by atoms with Gasteiger partial charge in [-0.1, -0.05) is 47.7 Å². The normalized spacial score (nSPS) is 11.1. The minimum atomic E-state index is -0.237. The van der Waals surface area contributed by atoms with Gasteiger partial charge in [-0.05, 0) is 56.7 Å². The van der Waals surface area contributed by atoms with Gasteiger partial charge in [0.2, 0.25) is 5.91 Å². The van der Waals surface area contributed by atoms with Crippen LogP contribution in [0.1, 0.15) is 16.8 Å². The number of fused-ring (bicyclic) bond motifs is 1. The number of para-hydroxylation sites is 1. The Labute approximate surface area is 212 Å². The molecule has 0 aliphatic rings. The molecule has 5 rings (SSSR count). The molecule has 0 saturated carbocycles. The predicted molar refractivity (Wildman–Crippen MR) is 142 cm³/mol. The molecular weight excluding hydrogens is 472 g/mol. The van der Waals surface area contributed by atoms with E-state index in [1.807, 2.05) is 63.2 Å². The number of hydrogen-bond acceptors (Lipinski definition) is 6. The lowest BCUT2D eigenvalue weighted by Crippen LogP contribution is -2.24. The van der Waals surface area contributed by atoms with E-state index in [9.17, 15) is 9.59 Å². The first-order valence-electron chi connectivity index (χ1n) is 11.4. The zero-order chi connectivity index (χ0) is 25.2. The monoisotopic (exact) mass is 496 g/mol. The van der Waals surface area contributed by atoms with Gasteiger partial charge >= 0.3 is 0 Å². The van der Waals surface area contributed by atoms with Crippen LogP contribution in [0.25, 0.3) is 22.4 Å². The number of carbonyl (C=O) groups excluding carboxylic acids is 1. The van der Waals surface area contributed by atoms with E-state index in [2.05, 4.69) is 20.4 Å². The van der Waals surface area contributed by atoms with Crippen molar-refractivity contribution < 1.29 is 4.79 Å². The van der Waals surface area contributed by atoms with Crippen molar-refractivity contribution in [1.29, 1.82) is 0 Å². The number of aromatic nitrogens is 5. The smallest absolute Gasteiger partial charge is 0.267 e. The molecule has 0 unspecified atom stereocenters. The summed E-state index contributed by atoms with van der Waals surface area (Å²) in [5.41, 5.74) is 4.10. The largest absolute Gasteiger partial charge is 0.310 e. The first-order chi connectivity index (χ1) is 17.4. The van der Waals surface area contributed by atoms with Crippen LogP contribution in [0, 0.1) is 20.8 Å². The quantitative estimate of drug-likeness (QED) is 0.272. The van der Waals surface area contributed by atoms with E-state index in [0.29, 0.717) is 27.7 Å². The van der Waals surface area contributed by atoms with Crippen LogP contribution in [0.5, 0.6) is 0 Å². The molecule has 0 aliphatic carbocycles. The number of nitrogens with zero attached hydrogens (tertiary/aromatic N) is 5. The Balaban J connectivity index is 1.43. The van der Waals surface area contributed by atoms with Crippen LogP contribution in [0.15, 0.2) is 82.9 Å². The first-order valence-corrected chi connectivity index (χ1v) is 12.4. The van der Waals surface area contributed by atoms with Crippen LogP contribution in [-0.2, 0) is 4.79 Å². The molecule has 0 fully saturated rings. The molecule has 1 amide bonds. The molecule has 3 aromatic heterocycles. The summed E-state index contributed by atoms with van der Waals surface area (Å²) in [5.74, 6) is 0.847. The maximum Gasteiger partial charge on any atom is 0.267 e. The van der Waals surface area contributed by atoms with E-state index in [-0.39, 0.29) is 17.2 Å². The van der Waals surface area contributed by atoms with Gasteiger partial charge in [0.05, 0.1) is 28.0 Å². The first kappa shape index (κ1) is 23.5. The number of amides is 1. The number of pyridine rings is 1. The Morgan fingerprint density at radius 2 is 1.72 bits per heavy atom. The van der Waals surface area contributed by atoms with Crippen LogP contribution < -0.4 is 10.9 Å². The number of hydrogen-bond donors (Lipinski definition) is 1. The average Bonchev–Trinajstić information content (AvgIpc) is 3.23. The molecule has 2 aromatic carbocycles. The maximum absolute atomic E-state index is 13.4. The summed E-state index contributed by atoms with van der Waals surface area (Å²) in [6.07, 6.45) is 1.70. The van der Waals surface area contributed by atoms with Gasteiger partial charge in [-0.15, -0.1) is 0 Å². The number of aryl methyl sites for hydroxylation is 3. The lowest BCUT2D eigenvalue weighted by Gasteiger charge is -2.13. The van der Waals surface area contributed by atoms with Crippen LogP contribution in [-0.4, -0.2) is 36.0 Å². The molecule has 36 heavy (non-hydrogen) atoms. The van der Waals surface area contributed by atoms with E-state index in [1.165, 1.54) is 16.3 Å². The van der Waals surface area contributed by atoms with E-state index in [1.54, 1.807) is 35.1 Å². The molecule has 0 spiro atoms. The SMILES string of the molecule is Cc1ccc(-n2nc(C)cc2NC(=O)CSc2nc3ccccc3c(=O)n2-c2ccc(C)cn2)cc1. The van der Waals surface area contributed by atoms with Crippen molar-refractivity contribution in [3.05, 3.63) is 100 Å². The van der Waals surface area contributed by atoms with Crippen LogP contribution in [0.3, 0.4) is 0 Å². The van der Waals surface area contributed by atoms with Crippen molar-refractivity contribution >= 4 is 34.4 Å². The predicted octanol–water partition coefficient (Wildman–Crippen LogP) is 4.62. The summed E-state index contributed by atoms with van der Waals surface area (Å²) < 4.78 is 3.16. The molecule has 3 heterocycles. The standard InChI is InChI=1S/C27H24N6O2S/c1-17-8-11-20(12-9-17)33-24(14-19(3)31-33)30-25(34)16-36-27-29-22-7-5-4-6-21(22)26(35)32(27)23-13-10-18(2)15-28-23/h4-15H,16H2,1-3H3,(H,30,34). The fourth-order valence-electron chi connectivity index (χ4n) is 3.78. The van der Waals surface area contributed by atoms with Crippen molar-refractivity contribution in [2.45, 2.75) is 25.9 Å². The van der Waals surface area contributed by atoms with Gasteiger partial charge in [-0.25, -0.2) is 19.2 Å². The lowest BCUT2D eigenvalue weighted by molar-refractivity contribution is -0.113. The number of benzene rings is 2. The fourth-order valence-corrected chi connectivity index (χ4v) is 4.58. The second kappa shape index (κ2) is 9.79. The Morgan fingerprint density at radius 1 is 0.972 bits per heavy atom. The van der Waals surface area contributed by atoms with E-state index < -0.39 is 0 Å². The third-order valence-corrected chi connectivity index (χ3v) is 6.52. The summed E-state index contributed by atoms with van der Waals surface area (Å²) in [5, 5.41) is 8.35. The van der Waals surface area contributed by atoms with Gasteiger partial charge in [0, 0.05) is 12.3 Å². The Bertz CT molecular complexity index is 1620. The summed E-state index contributed by atoms with van der Waals surface area (Å²) in [4.78, 5) is 35.4. The second-order valence-corrected chi connectivity index (χ2v) is 9.44. The van der Waals surface area contributed by atoms with Gasteiger partial charge in [-0.2, -0.15) is 5.10 Å². The van der Waals surface area contributed by atoms with Gasteiger partial charge in [0.1, 0.15) is 11.6 Å². The number of carbonyl (C=O) groups is 1. The van der Waals surface area contributed by atoms with Gasteiger partial charge < -0.3 is 5.32 Å². The van der Waals surface area contributed by atoms with E-state index in [4.69, 9.17) is 0 Å². The minimum absolute atomic E-state index is 0.0504. The molecule has 0 saturated heterocycles. The number of rotatable bonds is 6.